The van der Waals surface area contributed by atoms with E-state index in [4.69, 9.17) is 9.47 Å². The number of rotatable bonds is 3. The molecule has 0 radical (unpaired) electrons. The lowest BCUT2D eigenvalue weighted by molar-refractivity contribution is 0.280. The maximum absolute atomic E-state index is 5.61. The van der Waals surface area contributed by atoms with Gasteiger partial charge in [-0.2, -0.15) is 0 Å². The van der Waals surface area contributed by atoms with E-state index in [9.17, 15) is 0 Å². The number of nitrogens with zero attached hydrogens (tertiary/aromatic N) is 1. The van der Waals surface area contributed by atoms with Crippen LogP contribution in [-0.2, 0) is 0 Å². The molecule has 2 rings (SSSR count). The molecule has 1 aromatic heterocycles. The Morgan fingerprint density at radius 3 is 2.85 bits per heavy atom. The minimum atomic E-state index is 0.385. The average molecular weight is 291 g/mol. The maximum Gasteiger partial charge on any atom is 0.179 e. The average Bonchev–Trinajstić information content (AvgIpc) is 2.92. The quantitative estimate of drug-likeness (QED) is 0.632. The molecule has 0 aromatic carbocycles. The molecule has 0 unspecified atom stereocenters. The predicted molar refractivity (Wildman–Crippen MR) is 57.2 cm³/mol. The van der Waals surface area contributed by atoms with Crippen LogP contribution in [0.25, 0.3) is 0 Å². The summed E-state index contributed by atoms with van der Waals surface area (Å²) >= 11 is 2.15. The van der Waals surface area contributed by atoms with Crippen molar-refractivity contribution >= 4 is 22.6 Å². The highest BCUT2D eigenvalue weighted by Crippen LogP contribution is 2.33. The van der Waals surface area contributed by atoms with E-state index < -0.39 is 0 Å². The maximum atomic E-state index is 5.61. The first kappa shape index (κ1) is 9.05. The largest absolute Gasteiger partial charge is 0.493 e. The van der Waals surface area contributed by atoms with Crippen molar-refractivity contribution in [3.05, 3.63) is 16.0 Å². The molecule has 0 bridgehead atoms. The standard InChI is InChI=1S/C9H10INO2/c1-12-7-4-9(10)11-5-8(7)13-6-2-3-6/h4-6H,2-3H2,1H3. The molecule has 0 atom stereocenters. The van der Waals surface area contributed by atoms with Crippen molar-refractivity contribution in [2.75, 3.05) is 7.11 Å². The molecule has 1 aliphatic carbocycles. The summed E-state index contributed by atoms with van der Waals surface area (Å²) in [4.78, 5) is 4.15. The van der Waals surface area contributed by atoms with Gasteiger partial charge in [0.25, 0.3) is 0 Å². The SMILES string of the molecule is COc1cc(I)ncc1OC1CC1. The van der Waals surface area contributed by atoms with Crippen molar-refractivity contribution in [1.82, 2.24) is 4.98 Å². The molecule has 1 aromatic rings. The third-order valence-electron chi connectivity index (χ3n) is 1.84. The van der Waals surface area contributed by atoms with Crippen LogP contribution >= 0.6 is 22.6 Å². The van der Waals surface area contributed by atoms with Crippen molar-refractivity contribution in [2.45, 2.75) is 18.9 Å². The second-order valence-corrected chi connectivity index (χ2v) is 4.08. The highest BCUT2D eigenvalue weighted by Gasteiger charge is 2.25. The fourth-order valence-electron chi connectivity index (χ4n) is 1.01. The van der Waals surface area contributed by atoms with Gasteiger partial charge in [0.2, 0.25) is 0 Å². The third kappa shape index (κ3) is 2.24. The minimum absolute atomic E-state index is 0.385. The van der Waals surface area contributed by atoms with Crippen LogP contribution < -0.4 is 9.47 Å². The summed E-state index contributed by atoms with van der Waals surface area (Å²) in [6.07, 6.45) is 4.40. The molecular weight excluding hydrogens is 281 g/mol. The van der Waals surface area contributed by atoms with Gasteiger partial charge in [-0.05, 0) is 35.4 Å². The van der Waals surface area contributed by atoms with E-state index in [1.165, 1.54) is 0 Å². The van der Waals surface area contributed by atoms with Crippen LogP contribution in [0.2, 0.25) is 0 Å². The fraction of sp³-hybridized carbons (Fsp3) is 0.444. The van der Waals surface area contributed by atoms with Gasteiger partial charge in [-0.25, -0.2) is 4.98 Å². The Labute approximate surface area is 90.6 Å². The summed E-state index contributed by atoms with van der Waals surface area (Å²) in [5.41, 5.74) is 0. The van der Waals surface area contributed by atoms with Crippen molar-refractivity contribution in [3.8, 4) is 11.5 Å². The number of methoxy groups -OCH3 is 1. The normalized spacial score (nSPS) is 15.5. The lowest BCUT2D eigenvalue weighted by atomic mass is 10.4. The van der Waals surface area contributed by atoms with Gasteiger partial charge in [0.05, 0.1) is 19.4 Å². The molecule has 0 spiro atoms. The van der Waals surface area contributed by atoms with Gasteiger partial charge in [0, 0.05) is 6.07 Å². The first-order valence-electron chi connectivity index (χ1n) is 4.16. The van der Waals surface area contributed by atoms with Crippen LogP contribution in [0.1, 0.15) is 12.8 Å². The summed E-state index contributed by atoms with van der Waals surface area (Å²) in [5, 5.41) is 0. The van der Waals surface area contributed by atoms with E-state index in [0.717, 1.165) is 28.0 Å². The molecule has 70 valence electrons. The Morgan fingerprint density at radius 1 is 1.46 bits per heavy atom. The van der Waals surface area contributed by atoms with E-state index in [1.807, 2.05) is 6.07 Å². The lowest BCUT2D eigenvalue weighted by Gasteiger charge is -2.08. The van der Waals surface area contributed by atoms with Crippen LogP contribution in [0.15, 0.2) is 12.3 Å². The fourth-order valence-corrected chi connectivity index (χ4v) is 1.44. The van der Waals surface area contributed by atoms with Crippen molar-refractivity contribution in [2.24, 2.45) is 0 Å². The smallest absolute Gasteiger partial charge is 0.179 e. The molecule has 1 aliphatic rings. The summed E-state index contributed by atoms with van der Waals surface area (Å²) in [5.74, 6) is 1.52. The number of halogens is 1. The summed E-state index contributed by atoms with van der Waals surface area (Å²) in [6.45, 7) is 0. The topological polar surface area (TPSA) is 31.4 Å². The molecule has 3 nitrogen and oxygen atoms in total. The van der Waals surface area contributed by atoms with Crippen molar-refractivity contribution in [1.29, 1.82) is 0 Å². The molecule has 0 N–H and O–H groups in total. The number of ether oxygens (including phenoxy) is 2. The van der Waals surface area contributed by atoms with E-state index in [2.05, 4.69) is 27.6 Å². The van der Waals surface area contributed by atoms with E-state index in [1.54, 1.807) is 13.3 Å². The summed E-state index contributed by atoms with van der Waals surface area (Å²) in [7, 11) is 1.64. The summed E-state index contributed by atoms with van der Waals surface area (Å²) in [6, 6.07) is 1.87. The van der Waals surface area contributed by atoms with Crippen LogP contribution in [-0.4, -0.2) is 18.2 Å². The van der Waals surface area contributed by atoms with Gasteiger partial charge < -0.3 is 9.47 Å². The molecule has 1 fully saturated rings. The van der Waals surface area contributed by atoms with E-state index in [-0.39, 0.29) is 0 Å². The summed E-state index contributed by atoms with van der Waals surface area (Å²) < 4.78 is 11.7. The van der Waals surface area contributed by atoms with Gasteiger partial charge in [-0.1, -0.05) is 0 Å². The van der Waals surface area contributed by atoms with Gasteiger partial charge in [0.1, 0.15) is 3.70 Å². The molecule has 1 heterocycles. The molecule has 0 aliphatic heterocycles. The molecule has 13 heavy (non-hydrogen) atoms. The Kier molecular flexibility index (Phi) is 2.57. The second-order valence-electron chi connectivity index (χ2n) is 2.98. The third-order valence-corrected chi connectivity index (χ3v) is 2.43. The van der Waals surface area contributed by atoms with Gasteiger partial charge >= 0.3 is 0 Å². The first-order chi connectivity index (χ1) is 6.29. The Morgan fingerprint density at radius 2 is 2.23 bits per heavy atom. The Balaban J connectivity index is 2.21. The van der Waals surface area contributed by atoms with Crippen LogP contribution in [0.5, 0.6) is 11.5 Å². The van der Waals surface area contributed by atoms with Crippen LogP contribution in [0.4, 0.5) is 0 Å². The van der Waals surface area contributed by atoms with Crippen LogP contribution in [0.3, 0.4) is 0 Å². The van der Waals surface area contributed by atoms with Crippen molar-refractivity contribution in [3.63, 3.8) is 0 Å². The predicted octanol–water partition coefficient (Wildman–Crippen LogP) is 2.24. The monoisotopic (exact) mass is 291 g/mol. The molecule has 1 saturated carbocycles. The van der Waals surface area contributed by atoms with Crippen LogP contribution in [0, 0.1) is 3.70 Å². The highest BCUT2D eigenvalue weighted by molar-refractivity contribution is 14.1. The lowest BCUT2D eigenvalue weighted by Crippen LogP contribution is -1.99. The Bertz CT molecular complexity index is 312. The van der Waals surface area contributed by atoms with E-state index in [0.29, 0.717) is 6.10 Å². The van der Waals surface area contributed by atoms with Crippen molar-refractivity contribution < 1.29 is 9.47 Å². The molecule has 0 saturated heterocycles. The molecular formula is C9H10INO2. The molecule has 0 amide bonds. The number of pyridine rings is 1. The van der Waals surface area contributed by atoms with Gasteiger partial charge in [-0.3, -0.25) is 0 Å². The zero-order valence-electron chi connectivity index (χ0n) is 7.29. The number of hydrogen-bond donors (Lipinski definition) is 0. The Hall–Kier alpha value is -0.520. The first-order valence-corrected chi connectivity index (χ1v) is 5.23. The van der Waals surface area contributed by atoms with Gasteiger partial charge in [0.15, 0.2) is 11.5 Å². The zero-order valence-corrected chi connectivity index (χ0v) is 9.45. The zero-order chi connectivity index (χ0) is 9.26. The number of hydrogen-bond acceptors (Lipinski definition) is 3. The second kappa shape index (κ2) is 3.69. The molecule has 4 heteroatoms. The minimum Gasteiger partial charge on any atom is -0.493 e. The number of aromatic nitrogens is 1. The highest BCUT2D eigenvalue weighted by atomic mass is 127. The van der Waals surface area contributed by atoms with E-state index >= 15 is 0 Å². The van der Waals surface area contributed by atoms with Gasteiger partial charge in [-0.15, -0.1) is 0 Å².